The number of anilines is 1. The number of carbonyl (C=O) groups excluding carboxylic acids is 4. The van der Waals surface area contributed by atoms with Gasteiger partial charge in [0.1, 0.15) is 0 Å². The molecule has 8 heteroatoms. The maximum Gasteiger partial charge on any atom is 0.337 e. The molecule has 8 nitrogen and oxygen atoms in total. The van der Waals surface area contributed by atoms with Crippen LogP contribution in [0.4, 0.5) is 5.69 Å². The van der Waals surface area contributed by atoms with Gasteiger partial charge >= 0.3 is 11.9 Å². The van der Waals surface area contributed by atoms with E-state index in [1.54, 1.807) is 0 Å². The number of carboxylic acids is 1. The molecule has 0 unspecified atom stereocenters. The van der Waals surface area contributed by atoms with Gasteiger partial charge in [0.2, 0.25) is 5.91 Å². The molecule has 22 heavy (non-hydrogen) atoms. The molecule has 0 atom stereocenters. The van der Waals surface area contributed by atoms with Gasteiger partial charge in [0.15, 0.2) is 0 Å². The fourth-order valence-electron chi connectivity index (χ4n) is 1.50. The van der Waals surface area contributed by atoms with Crippen LogP contribution in [-0.2, 0) is 19.1 Å². The monoisotopic (exact) mass is 306 g/mol. The molecule has 0 aliphatic heterocycles. The average molecular weight is 306 g/mol. The Morgan fingerprint density at radius 2 is 1.45 bits per heavy atom. The first-order valence-corrected chi connectivity index (χ1v) is 5.89. The van der Waals surface area contributed by atoms with Gasteiger partial charge in [-0.1, -0.05) is 0 Å². The number of carboxylic acid groups (broad SMARTS) is 1. The highest BCUT2D eigenvalue weighted by molar-refractivity contribution is 6.04. The molecule has 0 aliphatic rings. The van der Waals surface area contributed by atoms with Gasteiger partial charge < -0.3 is 24.7 Å². The Bertz CT molecular complexity index is 614. The Labute approximate surface area is 125 Å². The quantitative estimate of drug-likeness (QED) is 0.575. The molecule has 0 fully saturated rings. The molecule has 0 saturated heterocycles. The van der Waals surface area contributed by atoms with Crippen molar-refractivity contribution in [1.82, 2.24) is 0 Å². The molecule has 1 amide bonds. The Morgan fingerprint density at radius 1 is 0.955 bits per heavy atom. The Hall–Kier alpha value is -3.16. The molecule has 0 spiro atoms. The van der Waals surface area contributed by atoms with E-state index in [2.05, 4.69) is 14.8 Å². The predicted octanol–water partition coefficient (Wildman–Crippen LogP) is -0.496. The van der Waals surface area contributed by atoms with E-state index >= 15 is 0 Å². The summed E-state index contributed by atoms with van der Waals surface area (Å²) in [7, 11) is 2.32. The molecular weight excluding hydrogens is 294 g/mol. The molecule has 0 saturated carbocycles. The highest BCUT2D eigenvalue weighted by Gasteiger charge is 2.14. The SMILES string of the molecule is COC(=O)c1cc(NC(=O)/C=C/C(=O)[O-])cc(C(=O)OC)c1. The lowest BCUT2D eigenvalue weighted by Crippen LogP contribution is -2.20. The molecule has 0 aliphatic carbocycles. The van der Waals surface area contributed by atoms with E-state index < -0.39 is 23.8 Å². The molecule has 1 aromatic rings. The van der Waals surface area contributed by atoms with Crippen LogP contribution in [0.25, 0.3) is 0 Å². The van der Waals surface area contributed by atoms with Crippen molar-refractivity contribution in [3.05, 3.63) is 41.5 Å². The van der Waals surface area contributed by atoms with Crippen molar-refractivity contribution in [3.8, 4) is 0 Å². The first kappa shape index (κ1) is 16.9. The number of carbonyl (C=O) groups is 4. The van der Waals surface area contributed by atoms with E-state index in [0.717, 1.165) is 20.3 Å². The van der Waals surface area contributed by atoms with Gasteiger partial charge in [0, 0.05) is 11.8 Å². The normalized spacial score (nSPS) is 10.1. The molecule has 0 aromatic heterocycles. The molecule has 0 radical (unpaired) electrons. The molecule has 0 heterocycles. The van der Waals surface area contributed by atoms with Crippen molar-refractivity contribution < 1.29 is 33.8 Å². The van der Waals surface area contributed by atoms with Crippen LogP contribution in [0.2, 0.25) is 0 Å². The predicted molar refractivity (Wildman–Crippen MR) is 71.9 cm³/mol. The number of aliphatic carboxylic acids is 1. The summed E-state index contributed by atoms with van der Waals surface area (Å²) in [6.07, 6.45) is 1.28. The lowest BCUT2D eigenvalue weighted by Gasteiger charge is -2.08. The van der Waals surface area contributed by atoms with Crippen molar-refractivity contribution in [3.63, 3.8) is 0 Å². The number of hydrogen-bond acceptors (Lipinski definition) is 7. The minimum Gasteiger partial charge on any atom is -0.545 e. The summed E-state index contributed by atoms with van der Waals surface area (Å²) < 4.78 is 9.08. The van der Waals surface area contributed by atoms with Crippen molar-refractivity contribution in [2.24, 2.45) is 0 Å². The molecule has 1 rings (SSSR count). The first-order chi connectivity index (χ1) is 10.4. The summed E-state index contributed by atoms with van der Waals surface area (Å²) in [5, 5.41) is 12.5. The van der Waals surface area contributed by atoms with Crippen molar-refractivity contribution >= 4 is 29.5 Å². The van der Waals surface area contributed by atoms with Gasteiger partial charge in [-0.3, -0.25) is 4.79 Å². The third-order valence-corrected chi connectivity index (χ3v) is 2.41. The van der Waals surface area contributed by atoms with Gasteiger partial charge in [-0.2, -0.15) is 0 Å². The smallest absolute Gasteiger partial charge is 0.337 e. The highest BCUT2D eigenvalue weighted by atomic mass is 16.5. The molecule has 1 aromatic carbocycles. The largest absolute Gasteiger partial charge is 0.545 e. The van der Waals surface area contributed by atoms with E-state index in [4.69, 9.17) is 0 Å². The van der Waals surface area contributed by atoms with Crippen LogP contribution >= 0.6 is 0 Å². The average Bonchev–Trinajstić information content (AvgIpc) is 2.50. The minimum absolute atomic E-state index is 0.0181. The third kappa shape index (κ3) is 4.75. The molecule has 1 N–H and O–H groups in total. The van der Waals surface area contributed by atoms with Crippen molar-refractivity contribution in [2.75, 3.05) is 19.5 Å². The van der Waals surface area contributed by atoms with Crippen LogP contribution in [-0.4, -0.2) is 38.0 Å². The Balaban J connectivity index is 3.12. The highest BCUT2D eigenvalue weighted by Crippen LogP contribution is 2.17. The van der Waals surface area contributed by atoms with Gasteiger partial charge in [0.05, 0.1) is 31.3 Å². The summed E-state index contributed by atoms with van der Waals surface area (Å²) in [5.41, 5.74) is 0.130. The second kappa shape index (κ2) is 7.58. The zero-order valence-corrected chi connectivity index (χ0v) is 11.7. The van der Waals surface area contributed by atoms with Crippen LogP contribution in [0, 0.1) is 0 Å². The van der Waals surface area contributed by atoms with Crippen LogP contribution in [0.15, 0.2) is 30.4 Å². The van der Waals surface area contributed by atoms with Crippen LogP contribution in [0.1, 0.15) is 20.7 Å². The topological polar surface area (TPSA) is 122 Å². The number of benzene rings is 1. The maximum atomic E-state index is 11.5. The maximum absolute atomic E-state index is 11.5. The molecule has 116 valence electrons. The lowest BCUT2D eigenvalue weighted by molar-refractivity contribution is -0.297. The second-order valence-electron chi connectivity index (χ2n) is 3.92. The van der Waals surface area contributed by atoms with E-state index in [0.29, 0.717) is 6.08 Å². The summed E-state index contributed by atoms with van der Waals surface area (Å²) in [4.78, 5) is 44.8. The number of rotatable bonds is 5. The number of amides is 1. The van der Waals surface area contributed by atoms with Crippen LogP contribution in [0.3, 0.4) is 0 Å². The van der Waals surface area contributed by atoms with Crippen LogP contribution in [0.5, 0.6) is 0 Å². The summed E-state index contributed by atoms with van der Waals surface area (Å²) in [6.45, 7) is 0. The van der Waals surface area contributed by atoms with Crippen LogP contribution < -0.4 is 10.4 Å². The van der Waals surface area contributed by atoms with Gasteiger partial charge in [-0.25, -0.2) is 9.59 Å². The second-order valence-corrected chi connectivity index (χ2v) is 3.92. The molecular formula is C14H12NO7-. The summed E-state index contributed by atoms with van der Waals surface area (Å²) >= 11 is 0. The zero-order chi connectivity index (χ0) is 16.7. The lowest BCUT2D eigenvalue weighted by atomic mass is 10.1. The number of ether oxygens (including phenoxy) is 2. The first-order valence-electron chi connectivity index (χ1n) is 5.89. The minimum atomic E-state index is -1.53. The number of methoxy groups -OCH3 is 2. The summed E-state index contributed by atoms with van der Waals surface area (Å²) in [5.74, 6) is -3.74. The summed E-state index contributed by atoms with van der Waals surface area (Å²) in [6, 6.07) is 3.77. The fourth-order valence-corrected chi connectivity index (χ4v) is 1.50. The van der Waals surface area contributed by atoms with Crippen molar-refractivity contribution in [1.29, 1.82) is 0 Å². The standard InChI is InChI=1S/C14H13NO7/c1-21-13(19)8-5-9(14(20)22-2)7-10(6-8)15-11(16)3-4-12(17)18/h3-7H,1-2H3,(H,15,16)(H,17,18)/p-1/b4-3+. The van der Waals surface area contributed by atoms with E-state index in [-0.39, 0.29) is 16.8 Å². The van der Waals surface area contributed by atoms with Gasteiger partial charge in [-0.05, 0) is 24.3 Å². The van der Waals surface area contributed by atoms with E-state index in [9.17, 15) is 24.3 Å². The molecule has 0 bridgehead atoms. The van der Waals surface area contributed by atoms with E-state index in [1.165, 1.54) is 18.2 Å². The Kier molecular flexibility index (Phi) is 5.82. The number of hydrogen-bond donors (Lipinski definition) is 1. The zero-order valence-electron chi connectivity index (χ0n) is 11.7. The Morgan fingerprint density at radius 3 is 1.86 bits per heavy atom. The van der Waals surface area contributed by atoms with Gasteiger partial charge in [0.25, 0.3) is 0 Å². The number of nitrogens with one attached hydrogen (secondary N) is 1. The van der Waals surface area contributed by atoms with Gasteiger partial charge in [-0.15, -0.1) is 0 Å². The fraction of sp³-hybridized carbons (Fsp3) is 0.143. The van der Waals surface area contributed by atoms with E-state index in [1.807, 2.05) is 0 Å². The van der Waals surface area contributed by atoms with Crippen molar-refractivity contribution in [2.45, 2.75) is 0 Å². The number of esters is 2. The third-order valence-electron chi connectivity index (χ3n) is 2.41.